The van der Waals surface area contributed by atoms with Gasteiger partial charge in [-0.15, -0.1) is 0 Å². The van der Waals surface area contributed by atoms with Crippen LogP contribution in [0.15, 0.2) is 0 Å². The van der Waals surface area contributed by atoms with Crippen LogP contribution < -0.4 is 29.6 Å². The Morgan fingerprint density at radius 2 is 2.38 bits per heavy atom. The Bertz CT molecular complexity index is 101. The van der Waals surface area contributed by atoms with Gasteiger partial charge in [-0.05, 0) is 6.42 Å². The summed E-state index contributed by atoms with van der Waals surface area (Å²) < 4.78 is 0. The molecule has 0 atom stereocenters. The topological polar surface area (TPSA) is 40.5 Å². The molecule has 1 aliphatic heterocycles. The van der Waals surface area contributed by atoms with Gasteiger partial charge >= 0.3 is 29.6 Å². The molecule has 0 radical (unpaired) electrons. The van der Waals surface area contributed by atoms with Gasteiger partial charge in [0.1, 0.15) is 0 Å². The third-order valence-electron chi connectivity index (χ3n) is 1.05. The summed E-state index contributed by atoms with van der Waals surface area (Å²) in [7, 11) is 0. The van der Waals surface area contributed by atoms with Crippen molar-refractivity contribution in [2.24, 2.45) is 0 Å². The second kappa shape index (κ2) is 3.45. The monoisotopic (exact) mass is 125 g/mol. The zero-order valence-corrected chi connectivity index (χ0v) is 6.92. The molecule has 1 N–H and O–H groups in total. The predicted molar refractivity (Wildman–Crippen MR) is 23.8 cm³/mol. The molecule has 0 saturated carbocycles. The Morgan fingerprint density at radius 3 is 2.50 bits per heavy atom. The Kier molecular flexibility index (Phi) is 3.64. The maximum absolute atomic E-state index is 10.2. The Morgan fingerprint density at radius 1 is 1.75 bits per heavy atom. The smallest absolute Gasteiger partial charge is 1.00 e. The number of hydroxylamine groups is 2. The molecule has 1 aliphatic rings. The van der Waals surface area contributed by atoms with Gasteiger partial charge in [0.25, 0.3) is 0 Å². The molecule has 3 nitrogen and oxygen atoms in total. The van der Waals surface area contributed by atoms with Crippen LogP contribution in [-0.4, -0.2) is 22.7 Å². The second-order valence-electron chi connectivity index (χ2n) is 1.62. The molecule has 1 rings (SSSR count). The van der Waals surface area contributed by atoms with Gasteiger partial charge in [0.05, 0.1) is 0 Å². The molecule has 0 bridgehead atoms. The summed E-state index contributed by atoms with van der Waals surface area (Å²) in [5.41, 5.74) is 0. The van der Waals surface area contributed by atoms with E-state index < -0.39 is 0 Å². The van der Waals surface area contributed by atoms with Gasteiger partial charge in [-0.25, -0.2) is 5.06 Å². The minimum atomic E-state index is -0.153. The standard InChI is InChI=1S/C4H7NO2.Na.H/c6-4-2-1-3-5(4)7;;/h7H,1-3H2;;/q;+1;-1. The first-order chi connectivity index (χ1) is 3.30. The van der Waals surface area contributed by atoms with Crippen LogP contribution in [0.5, 0.6) is 0 Å². The molecular formula is C4H8NNaO2. The van der Waals surface area contributed by atoms with Crippen molar-refractivity contribution in [1.29, 1.82) is 0 Å². The van der Waals surface area contributed by atoms with Gasteiger partial charge in [0, 0.05) is 13.0 Å². The molecular weight excluding hydrogens is 117 g/mol. The zero-order valence-electron chi connectivity index (χ0n) is 5.92. The SMILES string of the molecule is O=C1CCCN1O.[H-].[Na+]. The van der Waals surface area contributed by atoms with Crippen molar-refractivity contribution < 1.29 is 41.0 Å². The molecule has 0 aromatic carbocycles. The Labute approximate surface area is 71.4 Å². The fraction of sp³-hybridized carbons (Fsp3) is 0.750. The Balaban J connectivity index is 0. The molecule has 8 heavy (non-hydrogen) atoms. The maximum Gasteiger partial charge on any atom is 1.00 e. The average Bonchev–Trinajstić information content (AvgIpc) is 1.91. The minimum absolute atomic E-state index is 0. The van der Waals surface area contributed by atoms with Crippen LogP contribution in [0.4, 0.5) is 0 Å². The van der Waals surface area contributed by atoms with Crippen molar-refractivity contribution in [2.45, 2.75) is 12.8 Å². The van der Waals surface area contributed by atoms with Crippen molar-refractivity contribution in [3.05, 3.63) is 0 Å². The molecule has 1 heterocycles. The number of hydrogen-bond acceptors (Lipinski definition) is 2. The molecule has 0 spiro atoms. The van der Waals surface area contributed by atoms with Crippen molar-refractivity contribution in [2.75, 3.05) is 6.54 Å². The van der Waals surface area contributed by atoms with Crippen LogP contribution in [0.25, 0.3) is 0 Å². The quantitative estimate of drug-likeness (QED) is 0.279. The number of carbonyl (C=O) groups excluding carboxylic acids is 1. The predicted octanol–water partition coefficient (Wildman–Crippen LogP) is -2.89. The zero-order chi connectivity index (χ0) is 5.28. The van der Waals surface area contributed by atoms with Gasteiger partial charge in [-0.3, -0.25) is 10.0 Å². The van der Waals surface area contributed by atoms with E-state index in [-0.39, 0.29) is 36.9 Å². The molecule has 0 unspecified atom stereocenters. The fourth-order valence-electron chi connectivity index (χ4n) is 0.634. The van der Waals surface area contributed by atoms with E-state index in [2.05, 4.69) is 0 Å². The summed E-state index contributed by atoms with van der Waals surface area (Å²) >= 11 is 0. The number of rotatable bonds is 0. The van der Waals surface area contributed by atoms with Crippen LogP contribution >= 0.6 is 0 Å². The van der Waals surface area contributed by atoms with E-state index in [0.29, 0.717) is 13.0 Å². The first-order valence-corrected chi connectivity index (χ1v) is 2.30. The largest absolute Gasteiger partial charge is 1.00 e. The summed E-state index contributed by atoms with van der Waals surface area (Å²) in [6.45, 7) is 0.513. The van der Waals surface area contributed by atoms with Gasteiger partial charge in [0.2, 0.25) is 5.91 Å². The van der Waals surface area contributed by atoms with E-state index in [0.717, 1.165) is 11.5 Å². The molecule has 4 heteroatoms. The van der Waals surface area contributed by atoms with Crippen molar-refractivity contribution in [1.82, 2.24) is 5.06 Å². The molecule has 1 amide bonds. The van der Waals surface area contributed by atoms with E-state index in [9.17, 15) is 4.79 Å². The molecule has 0 aliphatic carbocycles. The van der Waals surface area contributed by atoms with E-state index in [1.807, 2.05) is 0 Å². The summed E-state index contributed by atoms with van der Waals surface area (Å²) in [6, 6.07) is 0. The maximum atomic E-state index is 10.2. The summed E-state index contributed by atoms with van der Waals surface area (Å²) in [5.74, 6) is -0.153. The van der Waals surface area contributed by atoms with E-state index in [1.54, 1.807) is 0 Å². The second-order valence-corrected chi connectivity index (χ2v) is 1.62. The van der Waals surface area contributed by atoms with Crippen molar-refractivity contribution in [3.63, 3.8) is 0 Å². The number of carbonyl (C=O) groups is 1. The molecule has 1 saturated heterocycles. The fourth-order valence-corrected chi connectivity index (χ4v) is 0.634. The van der Waals surface area contributed by atoms with Crippen molar-refractivity contribution in [3.8, 4) is 0 Å². The third kappa shape index (κ3) is 1.74. The third-order valence-corrected chi connectivity index (χ3v) is 1.05. The minimum Gasteiger partial charge on any atom is -1.00 e. The van der Waals surface area contributed by atoms with Crippen LogP contribution in [0.1, 0.15) is 14.3 Å². The van der Waals surface area contributed by atoms with E-state index >= 15 is 0 Å². The van der Waals surface area contributed by atoms with Crippen LogP contribution in [0.2, 0.25) is 0 Å². The first kappa shape index (κ1) is 8.43. The van der Waals surface area contributed by atoms with Crippen molar-refractivity contribution >= 4 is 5.91 Å². The van der Waals surface area contributed by atoms with Crippen LogP contribution in [0.3, 0.4) is 0 Å². The molecule has 1 fully saturated rings. The summed E-state index contributed by atoms with van der Waals surface area (Å²) in [5, 5.41) is 9.25. The van der Waals surface area contributed by atoms with Gasteiger partial charge in [-0.1, -0.05) is 0 Å². The number of nitrogens with zero attached hydrogens (tertiary/aromatic N) is 1. The number of hydrogen-bond donors (Lipinski definition) is 1. The van der Waals surface area contributed by atoms with Gasteiger partial charge in [0.15, 0.2) is 0 Å². The average molecular weight is 125 g/mol. The van der Waals surface area contributed by atoms with Crippen LogP contribution in [-0.2, 0) is 4.79 Å². The molecule has 0 aromatic heterocycles. The summed E-state index contributed by atoms with van der Waals surface area (Å²) in [6.07, 6.45) is 1.31. The first-order valence-electron chi connectivity index (χ1n) is 2.30. The normalized spacial score (nSPS) is 18.6. The summed E-state index contributed by atoms with van der Waals surface area (Å²) in [4.78, 5) is 10.2. The van der Waals surface area contributed by atoms with Gasteiger partial charge < -0.3 is 1.43 Å². The molecule has 42 valence electrons. The van der Waals surface area contributed by atoms with Crippen LogP contribution in [0, 0.1) is 0 Å². The van der Waals surface area contributed by atoms with Gasteiger partial charge in [-0.2, -0.15) is 0 Å². The van der Waals surface area contributed by atoms with E-state index in [1.165, 1.54) is 0 Å². The van der Waals surface area contributed by atoms with E-state index in [4.69, 9.17) is 5.21 Å². The Hall–Kier alpha value is 0.430. The molecule has 0 aromatic rings. The number of amides is 1.